The second-order valence-corrected chi connectivity index (χ2v) is 10.9. The Labute approximate surface area is 242 Å². The summed E-state index contributed by atoms with van der Waals surface area (Å²) in [7, 11) is 1.76. The van der Waals surface area contributed by atoms with Crippen LogP contribution >= 0.6 is 0 Å². The van der Waals surface area contributed by atoms with E-state index in [0.717, 1.165) is 60.4 Å². The molecule has 3 aromatic carbocycles. The van der Waals surface area contributed by atoms with E-state index >= 15 is 0 Å². The number of nitrogens with one attached hydrogen (secondary N) is 2. The van der Waals surface area contributed by atoms with Crippen LogP contribution in [0.15, 0.2) is 78.9 Å². The molecule has 41 heavy (non-hydrogen) atoms. The monoisotopic (exact) mass is 559 g/mol. The fourth-order valence-electron chi connectivity index (χ4n) is 5.63. The number of aliphatic hydroxyl groups excluding tert-OH is 1. The maximum absolute atomic E-state index is 12.3. The molecule has 2 aliphatic rings. The van der Waals surface area contributed by atoms with E-state index in [1.807, 2.05) is 78.9 Å². The Morgan fingerprint density at radius 1 is 0.902 bits per heavy atom. The summed E-state index contributed by atoms with van der Waals surface area (Å²) in [6.07, 6.45) is 2.45. The highest BCUT2D eigenvalue weighted by atomic mass is 16.7. The molecule has 8 heteroatoms. The number of urea groups is 1. The summed E-state index contributed by atoms with van der Waals surface area (Å²) in [6.45, 7) is 3.54. The molecule has 218 valence electrons. The first-order valence-electron chi connectivity index (χ1n) is 14.5. The van der Waals surface area contributed by atoms with Gasteiger partial charge in [0.25, 0.3) is 0 Å². The zero-order chi connectivity index (χ0) is 28.4. The van der Waals surface area contributed by atoms with Crippen molar-refractivity contribution < 1.29 is 24.1 Å². The predicted molar refractivity (Wildman–Crippen MR) is 157 cm³/mol. The van der Waals surface area contributed by atoms with Crippen molar-refractivity contribution in [2.75, 3.05) is 26.8 Å². The number of aliphatic hydroxyl groups is 1. The molecule has 0 bridgehead atoms. The third-order valence-electron chi connectivity index (χ3n) is 7.91. The van der Waals surface area contributed by atoms with Crippen molar-refractivity contribution >= 4 is 6.03 Å². The molecule has 2 amide bonds. The van der Waals surface area contributed by atoms with Crippen LogP contribution in [-0.4, -0.2) is 55.0 Å². The number of hydrogen-bond acceptors (Lipinski definition) is 6. The van der Waals surface area contributed by atoms with E-state index in [0.29, 0.717) is 19.1 Å². The summed E-state index contributed by atoms with van der Waals surface area (Å²) in [4.78, 5) is 14.8. The second-order valence-electron chi connectivity index (χ2n) is 10.9. The van der Waals surface area contributed by atoms with E-state index in [2.05, 4.69) is 15.5 Å². The van der Waals surface area contributed by atoms with Crippen LogP contribution < -0.4 is 10.6 Å². The van der Waals surface area contributed by atoms with Crippen LogP contribution in [0, 0.1) is 0 Å². The Hall–Kier alpha value is -3.27. The highest BCUT2D eigenvalue weighted by molar-refractivity contribution is 5.73. The van der Waals surface area contributed by atoms with Gasteiger partial charge >= 0.3 is 6.03 Å². The molecule has 0 spiro atoms. The van der Waals surface area contributed by atoms with Crippen LogP contribution in [0.2, 0.25) is 0 Å². The van der Waals surface area contributed by atoms with Gasteiger partial charge in [0, 0.05) is 44.8 Å². The lowest BCUT2D eigenvalue weighted by Crippen LogP contribution is -2.42. The SMILES string of the molecule is COCC1CCCN1CC1CC(c2ccc(CO)cc2)OC(c2ccc(CNC(=O)NCc3ccccc3)cc2)O1. The lowest BCUT2D eigenvalue weighted by molar-refractivity contribution is -0.253. The molecule has 0 aliphatic carbocycles. The number of ether oxygens (including phenoxy) is 3. The van der Waals surface area contributed by atoms with Crippen molar-refractivity contribution in [3.8, 4) is 0 Å². The van der Waals surface area contributed by atoms with E-state index in [-0.39, 0.29) is 24.8 Å². The highest BCUT2D eigenvalue weighted by Crippen LogP contribution is 2.38. The highest BCUT2D eigenvalue weighted by Gasteiger charge is 2.35. The third kappa shape index (κ3) is 8.15. The third-order valence-corrected chi connectivity index (χ3v) is 7.91. The summed E-state index contributed by atoms with van der Waals surface area (Å²) >= 11 is 0. The van der Waals surface area contributed by atoms with Gasteiger partial charge in [0.2, 0.25) is 0 Å². The molecule has 2 saturated heterocycles. The minimum Gasteiger partial charge on any atom is -0.392 e. The lowest BCUT2D eigenvalue weighted by Gasteiger charge is -2.38. The number of hydrogen-bond donors (Lipinski definition) is 3. The van der Waals surface area contributed by atoms with Crippen LogP contribution in [0.1, 0.15) is 59.5 Å². The number of rotatable bonds is 11. The number of carbonyl (C=O) groups excluding carboxylic acids is 1. The van der Waals surface area contributed by atoms with Gasteiger partial charge in [-0.25, -0.2) is 4.79 Å². The van der Waals surface area contributed by atoms with Crippen LogP contribution in [0.25, 0.3) is 0 Å². The van der Waals surface area contributed by atoms with Crippen LogP contribution in [0.3, 0.4) is 0 Å². The van der Waals surface area contributed by atoms with Gasteiger partial charge in [0.05, 0.1) is 25.4 Å². The Balaban J connectivity index is 1.22. The van der Waals surface area contributed by atoms with Gasteiger partial charge in [-0.2, -0.15) is 0 Å². The Morgan fingerprint density at radius 3 is 2.24 bits per heavy atom. The fraction of sp³-hybridized carbons (Fsp3) is 0.424. The fourth-order valence-corrected chi connectivity index (χ4v) is 5.63. The average molecular weight is 560 g/mol. The molecule has 0 aromatic heterocycles. The molecule has 0 radical (unpaired) electrons. The Kier molecular flexibility index (Phi) is 10.4. The number of likely N-dealkylation sites (tertiary alicyclic amines) is 1. The van der Waals surface area contributed by atoms with E-state index in [1.54, 1.807) is 7.11 Å². The number of amides is 2. The van der Waals surface area contributed by atoms with E-state index < -0.39 is 6.29 Å². The van der Waals surface area contributed by atoms with Gasteiger partial charge in [0.1, 0.15) is 0 Å². The van der Waals surface area contributed by atoms with Crippen molar-refractivity contribution in [2.45, 2.75) is 63.5 Å². The molecule has 2 fully saturated rings. The summed E-state index contributed by atoms with van der Waals surface area (Å²) < 4.78 is 18.5. The van der Waals surface area contributed by atoms with Crippen molar-refractivity contribution in [3.05, 3.63) is 107 Å². The number of benzene rings is 3. The molecular weight excluding hydrogens is 518 g/mol. The smallest absolute Gasteiger partial charge is 0.315 e. The van der Waals surface area contributed by atoms with E-state index in [4.69, 9.17) is 14.2 Å². The van der Waals surface area contributed by atoms with Crippen LogP contribution in [0.4, 0.5) is 4.79 Å². The zero-order valence-electron chi connectivity index (χ0n) is 23.7. The quantitative estimate of drug-likeness (QED) is 0.312. The molecule has 2 aliphatic heterocycles. The number of nitrogens with zero attached hydrogens (tertiary/aromatic N) is 1. The first-order chi connectivity index (χ1) is 20.1. The topological polar surface area (TPSA) is 92.3 Å². The molecule has 5 rings (SSSR count). The standard InChI is InChI=1S/C33H41N3O5/c1-39-23-29-8-5-17-36(29)21-30-18-31(27-13-11-26(22-37)12-14-27)41-32(40-30)28-15-9-25(10-16-28)20-35-33(38)34-19-24-6-3-2-4-7-24/h2-4,6-7,9-16,29-32,37H,5,8,17-23H2,1H3,(H2,34,35,38). The van der Waals surface area contributed by atoms with Crippen molar-refractivity contribution in [3.63, 3.8) is 0 Å². The number of carbonyl (C=O) groups is 1. The first-order valence-corrected chi connectivity index (χ1v) is 14.5. The lowest BCUT2D eigenvalue weighted by atomic mass is 9.99. The molecule has 4 atom stereocenters. The molecule has 4 unspecified atom stereocenters. The predicted octanol–water partition coefficient (Wildman–Crippen LogP) is 4.83. The van der Waals surface area contributed by atoms with E-state index in [1.165, 1.54) is 6.42 Å². The van der Waals surface area contributed by atoms with Gasteiger partial charge in [-0.1, -0.05) is 78.9 Å². The maximum atomic E-state index is 12.3. The Bertz CT molecular complexity index is 1220. The van der Waals surface area contributed by atoms with E-state index in [9.17, 15) is 9.90 Å². The molecule has 8 nitrogen and oxygen atoms in total. The van der Waals surface area contributed by atoms with Crippen molar-refractivity contribution in [1.82, 2.24) is 15.5 Å². The molecule has 3 N–H and O–H groups in total. The first kappa shape index (κ1) is 29.2. The minimum absolute atomic E-state index is 0.00313. The second kappa shape index (κ2) is 14.6. The number of methoxy groups -OCH3 is 1. The summed E-state index contributed by atoms with van der Waals surface area (Å²) in [5, 5.41) is 15.3. The van der Waals surface area contributed by atoms with Gasteiger partial charge in [-0.05, 0) is 41.6 Å². The zero-order valence-corrected chi connectivity index (χ0v) is 23.7. The summed E-state index contributed by atoms with van der Waals surface area (Å²) in [5.74, 6) is 0. The Morgan fingerprint density at radius 2 is 1.56 bits per heavy atom. The van der Waals surface area contributed by atoms with Crippen LogP contribution in [0.5, 0.6) is 0 Å². The average Bonchev–Trinajstić information content (AvgIpc) is 3.46. The summed E-state index contributed by atoms with van der Waals surface area (Å²) in [5.41, 5.74) is 4.95. The minimum atomic E-state index is -0.504. The van der Waals surface area contributed by atoms with Crippen LogP contribution in [-0.2, 0) is 33.9 Å². The molecule has 3 aromatic rings. The van der Waals surface area contributed by atoms with Gasteiger partial charge in [0.15, 0.2) is 6.29 Å². The normalized spacial score (nSPS) is 22.9. The van der Waals surface area contributed by atoms with Gasteiger partial charge in [-0.15, -0.1) is 0 Å². The van der Waals surface area contributed by atoms with Crippen molar-refractivity contribution in [1.29, 1.82) is 0 Å². The van der Waals surface area contributed by atoms with Gasteiger partial charge in [-0.3, -0.25) is 4.90 Å². The summed E-state index contributed by atoms with van der Waals surface area (Å²) in [6, 6.07) is 26.1. The molecule has 0 saturated carbocycles. The molecular formula is C33H41N3O5. The maximum Gasteiger partial charge on any atom is 0.315 e. The van der Waals surface area contributed by atoms with Gasteiger partial charge < -0.3 is 30.0 Å². The largest absolute Gasteiger partial charge is 0.392 e. The van der Waals surface area contributed by atoms with Crippen molar-refractivity contribution in [2.24, 2.45) is 0 Å². The molecule has 2 heterocycles.